The van der Waals surface area contributed by atoms with Crippen molar-refractivity contribution < 1.29 is 14.7 Å². The van der Waals surface area contributed by atoms with Gasteiger partial charge in [-0.05, 0) is 50.5 Å². The second-order valence-electron chi connectivity index (χ2n) is 6.67. The molecular weight excluding hydrogens is 304 g/mol. The average Bonchev–Trinajstić information content (AvgIpc) is 3.00. The Labute approximate surface area is 143 Å². The molecule has 5 heteroatoms. The van der Waals surface area contributed by atoms with Crippen LogP contribution in [0.1, 0.15) is 42.6 Å². The first-order valence-corrected chi connectivity index (χ1v) is 8.14. The van der Waals surface area contributed by atoms with Crippen LogP contribution in [-0.4, -0.2) is 47.6 Å². The van der Waals surface area contributed by atoms with Gasteiger partial charge in [0.05, 0.1) is 0 Å². The summed E-state index contributed by atoms with van der Waals surface area (Å²) in [6, 6.07) is 7.07. The first kappa shape index (κ1) is 18.0. The molecular formula is C19H24N2O3. The van der Waals surface area contributed by atoms with Crippen LogP contribution in [0.15, 0.2) is 24.3 Å². The first-order chi connectivity index (χ1) is 11.3. The third-order valence-electron chi connectivity index (χ3n) is 3.97. The lowest BCUT2D eigenvalue weighted by Gasteiger charge is -2.16. The predicted molar refractivity (Wildman–Crippen MR) is 92.3 cm³/mol. The zero-order valence-electron chi connectivity index (χ0n) is 14.4. The minimum atomic E-state index is -1.04. The van der Waals surface area contributed by atoms with Crippen LogP contribution in [0.3, 0.4) is 0 Å². The number of rotatable bonds is 3. The molecule has 24 heavy (non-hydrogen) atoms. The molecule has 1 fully saturated rings. The molecule has 1 unspecified atom stereocenters. The molecule has 1 atom stereocenters. The van der Waals surface area contributed by atoms with Crippen LogP contribution in [0, 0.1) is 17.8 Å². The number of hydrogen-bond acceptors (Lipinski definition) is 3. The van der Waals surface area contributed by atoms with Crippen molar-refractivity contribution in [3.8, 4) is 11.8 Å². The van der Waals surface area contributed by atoms with Crippen molar-refractivity contribution in [1.82, 2.24) is 10.2 Å². The molecule has 1 aromatic rings. The summed E-state index contributed by atoms with van der Waals surface area (Å²) in [6.07, 6.45) is 1.32. The van der Waals surface area contributed by atoms with Gasteiger partial charge in [0, 0.05) is 37.7 Å². The lowest BCUT2D eigenvalue weighted by Crippen LogP contribution is -2.29. The number of hydrogen-bond donors (Lipinski definition) is 2. The van der Waals surface area contributed by atoms with Gasteiger partial charge in [-0.15, -0.1) is 0 Å². The Morgan fingerprint density at radius 1 is 1.33 bits per heavy atom. The van der Waals surface area contributed by atoms with E-state index >= 15 is 0 Å². The van der Waals surface area contributed by atoms with Crippen LogP contribution < -0.4 is 5.32 Å². The number of benzene rings is 1. The second kappa shape index (κ2) is 7.50. The van der Waals surface area contributed by atoms with Crippen molar-refractivity contribution in [3.05, 3.63) is 35.4 Å². The van der Waals surface area contributed by atoms with Crippen molar-refractivity contribution in [3.63, 3.8) is 0 Å². The van der Waals surface area contributed by atoms with Gasteiger partial charge in [0.25, 0.3) is 5.91 Å². The molecule has 5 nitrogen and oxygen atoms in total. The van der Waals surface area contributed by atoms with Crippen LogP contribution >= 0.6 is 0 Å². The molecule has 128 valence electrons. The van der Waals surface area contributed by atoms with Gasteiger partial charge in [-0.1, -0.05) is 11.8 Å². The number of aliphatic hydroxyl groups is 1. The summed E-state index contributed by atoms with van der Waals surface area (Å²) < 4.78 is 0. The number of nitrogens with zero attached hydrogens (tertiary/aromatic N) is 1. The van der Waals surface area contributed by atoms with E-state index in [0.717, 1.165) is 12.0 Å². The van der Waals surface area contributed by atoms with E-state index in [4.69, 9.17) is 0 Å². The zero-order chi connectivity index (χ0) is 17.7. The number of amides is 2. The molecule has 0 aromatic heterocycles. The molecule has 0 spiro atoms. The van der Waals surface area contributed by atoms with Crippen LogP contribution in [0.25, 0.3) is 0 Å². The molecule has 1 heterocycles. The Bertz CT molecular complexity index is 663. The van der Waals surface area contributed by atoms with Gasteiger partial charge in [-0.2, -0.15) is 0 Å². The molecule has 2 N–H and O–H groups in total. The van der Waals surface area contributed by atoms with Crippen LogP contribution in [0.2, 0.25) is 0 Å². The van der Waals surface area contributed by atoms with E-state index in [2.05, 4.69) is 17.2 Å². The van der Waals surface area contributed by atoms with Gasteiger partial charge >= 0.3 is 0 Å². The first-order valence-electron chi connectivity index (χ1n) is 8.14. The van der Waals surface area contributed by atoms with Gasteiger partial charge in [0.2, 0.25) is 5.91 Å². The second-order valence-corrected chi connectivity index (χ2v) is 6.67. The molecule has 1 saturated heterocycles. The molecule has 2 rings (SSSR count). The van der Waals surface area contributed by atoms with Crippen molar-refractivity contribution in [2.45, 2.75) is 32.3 Å². The summed E-state index contributed by atoms with van der Waals surface area (Å²) >= 11 is 0. The van der Waals surface area contributed by atoms with E-state index in [1.54, 1.807) is 50.1 Å². The SMILES string of the molecule is CNC(=O)CC1CCN(C(=O)c2ccc(C#CC(C)(C)O)cc2)C1. The lowest BCUT2D eigenvalue weighted by atomic mass is 10.0. The molecule has 1 aliphatic rings. The van der Waals surface area contributed by atoms with Gasteiger partial charge in [-0.25, -0.2) is 0 Å². The van der Waals surface area contributed by atoms with Gasteiger partial charge in [0.15, 0.2) is 0 Å². The van der Waals surface area contributed by atoms with Crippen LogP contribution in [0.4, 0.5) is 0 Å². The summed E-state index contributed by atoms with van der Waals surface area (Å²) in [6.45, 7) is 4.55. The maximum atomic E-state index is 12.5. The minimum Gasteiger partial charge on any atom is -0.378 e. The molecule has 0 saturated carbocycles. The van der Waals surface area contributed by atoms with Crippen molar-refractivity contribution in [2.75, 3.05) is 20.1 Å². The molecule has 0 aliphatic carbocycles. The fourth-order valence-electron chi connectivity index (χ4n) is 2.65. The monoisotopic (exact) mass is 328 g/mol. The van der Waals surface area contributed by atoms with Gasteiger partial charge < -0.3 is 15.3 Å². The highest BCUT2D eigenvalue weighted by atomic mass is 16.3. The highest BCUT2D eigenvalue weighted by Gasteiger charge is 2.28. The quantitative estimate of drug-likeness (QED) is 0.824. The summed E-state index contributed by atoms with van der Waals surface area (Å²) in [4.78, 5) is 25.8. The van der Waals surface area contributed by atoms with Gasteiger partial charge in [-0.3, -0.25) is 9.59 Å². The Kier molecular flexibility index (Phi) is 5.63. The molecule has 1 aromatic carbocycles. The maximum absolute atomic E-state index is 12.5. The summed E-state index contributed by atoms with van der Waals surface area (Å²) in [5, 5.41) is 12.2. The summed E-state index contributed by atoms with van der Waals surface area (Å²) in [7, 11) is 1.63. The number of nitrogens with one attached hydrogen (secondary N) is 1. The third kappa shape index (κ3) is 5.10. The number of carbonyl (C=O) groups is 2. The summed E-state index contributed by atoms with van der Waals surface area (Å²) in [5.41, 5.74) is 0.334. The largest absolute Gasteiger partial charge is 0.378 e. The fourth-order valence-corrected chi connectivity index (χ4v) is 2.65. The fraction of sp³-hybridized carbons (Fsp3) is 0.474. The maximum Gasteiger partial charge on any atom is 0.253 e. The standard InChI is InChI=1S/C19H24N2O3/c1-19(2,24)10-8-14-4-6-16(7-5-14)18(23)21-11-9-15(13-21)12-17(22)20-3/h4-7,15,24H,9,11-13H2,1-3H3,(H,20,22). The lowest BCUT2D eigenvalue weighted by molar-refractivity contribution is -0.121. The Morgan fingerprint density at radius 3 is 2.58 bits per heavy atom. The zero-order valence-corrected chi connectivity index (χ0v) is 14.4. The Hall–Kier alpha value is -2.32. The Balaban J connectivity index is 1.98. The molecule has 1 aliphatic heterocycles. The normalized spacial score (nSPS) is 17.2. The summed E-state index contributed by atoms with van der Waals surface area (Å²) in [5.74, 6) is 5.86. The minimum absolute atomic E-state index is 0.0172. The van der Waals surface area contributed by atoms with Crippen molar-refractivity contribution in [2.24, 2.45) is 5.92 Å². The van der Waals surface area contributed by atoms with E-state index < -0.39 is 5.60 Å². The van der Waals surface area contributed by atoms with Gasteiger partial charge in [0.1, 0.15) is 5.60 Å². The third-order valence-corrected chi connectivity index (χ3v) is 3.97. The Morgan fingerprint density at radius 2 is 2.00 bits per heavy atom. The molecule has 2 amide bonds. The van der Waals surface area contributed by atoms with E-state index in [1.165, 1.54) is 0 Å². The number of carbonyl (C=O) groups excluding carboxylic acids is 2. The van der Waals surface area contributed by atoms with Crippen LogP contribution in [-0.2, 0) is 4.79 Å². The highest BCUT2D eigenvalue weighted by molar-refractivity contribution is 5.94. The number of likely N-dealkylation sites (tertiary alicyclic amines) is 1. The van der Waals surface area contributed by atoms with E-state index in [9.17, 15) is 14.7 Å². The van der Waals surface area contributed by atoms with Crippen molar-refractivity contribution in [1.29, 1.82) is 0 Å². The highest BCUT2D eigenvalue weighted by Crippen LogP contribution is 2.21. The van der Waals surface area contributed by atoms with Crippen molar-refractivity contribution >= 4 is 11.8 Å². The van der Waals surface area contributed by atoms with E-state index in [0.29, 0.717) is 25.1 Å². The van der Waals surface area contributed by atoms with E-state index in [1.807, 2.05) is 0 Å². The molecule has 0 radical (unpaired) electrons. The molecule has 0 bridgehead atoms. The van der Waals surface area contributed by atoms with Crippen LogP contribution in [0.5, 0.6) is 0 Å². The van der Waals surface area contributed by atoms with E-state index in [-0.39, 0.29) is 17.7 Å². The predicted octanol–water partition coefficient (Wildman–Crippen LogP) is 1.41. The smallest absolute Gasteiger partial charge is 0.253 e. The average molecular weight is 328 g/mol. The topological polar surface area (TPSA) is 69.6 Å².